The van der Waals surface area contributed by atoms with Gasteiger partial charge in [-0.3, -0.25) is 4.79 Å². The van der Waals surface area contributed by atoms with Gasteiger partial charge in [-0.25, -0.2) is 0 Å². The van der Waals surface area contributed by atoms with Gasteiger partial charge in [0.1, 0.15) is 0 Å². The molecule has 0 saturated heterocycles. The first kappa shape index (κ1) is 13.4. The predicted octanol–water partition coefficient (Wildman–Crippen LogP) is 3.98. The summed E-state index contributed by atoms with van der Waals surface area (Å²) in [5.74, 6) is 1.34. The number of Topliss-reactive ketones (excluding diaryl/α,β-unsaturated/α-hetero) is 1. The van der Waals surface area contributed by atoms with E-state index in [0.717, 1.165) is 17.3 Å². The highest BCUT2D eigenvalue weighted by Gasteiger charge is 2.20. The quantitative estimate of drug-likeness (QED) is 0.789. The lowest BCUT2D eigenvalue weighted by Crippen LogP contribution is -2.12. The fourth-order valence-electron chi connectivity index (χ4n) is 2.24. The van der Waals surface area contributed by atoms with Crippen molar-refractivity contribution in [3.63, 3.8) is 0 Å². The summed E-state index contributed by atoms with van der Waals surface area (Å²) in [6.07, 6.45) is 4.90. The molecule has 0 aliphatic heterocycles. The lowest BCUT2D eigenvalue weighted by atomic mass is 10.1. The Hall–Kier alpha value is -1.03. The van der Waals surface area contributed by atoms with E-state index in [1.165, 1.54) is 19.8 Å². The normalized spacial score (nSPS) is 15.7. The van der Waals surface area contributed by atoms with E-state index in [2.05, 4.69) is 15.9 Å². The van der Waals surface area contributed by atoms with Gasteiger partial charge < -0.3 is 9.47 Å². The minimum absolute atomic E-state index is 0.00703. The average Bonchev–Trinajstić information content (AvgIpc) is 2.81. The number of carbonyl (C=O) groups is 1. The highest BCUT2D eigenvalue weighted by molar-refractivity contribution is 9.10. The molecule has 0 bridgehead atoms. The van der Waals surface area contributed by atoms with E-state index >= 15 is 0 Å². The predicted molar refractivity (Wildman–Crippen MR) is 73.6 cm³/mol. The fourth-order valence-corrected chi connectivity index (χ4v) is 2.84. The molecule has 1 aliphatic carbocycles. The lowest BCUT2D eigenvalue weighted by molar-refractivity contribution is 0.101. The van der Waals surface area contributed by atoms with E-state index in [1.807, 2.05) is 6.07 Å². The molecule has 98 valence electrons. The van der Waals surface area contributed by atoms with Crippen LogP contribution in [0, 0.1) is 0 Å². The second kappa shape index (κ2) is 5.74. The van der Waals surface area contributed by atoms with E-state index < -0.39 is 0 Å². The monoisotopic (exact) mass is 312 g/mol. The Morgan fingerprint density at radius 2 is 1.94 bits per heavy atom. The van der Waals surface area contributed by atoms with Crippen LogP contribution in [0.25, 0.3) is 0 Å². The summed E-state index contributed by atoms with van der Waals surface area (Å²) in [7, 11) is 1.59. The summed E-state index contributed by atoms with van der Waals surface area (Å²) in [4.78, 5) is 11.5. The van der Waals surface area contributed by atoms with Crippen LogP contribution in [0.4, 0.5) is 0 Å². The van der Waals surface area contributed by atoms with E-state index in [0.29, 0.717) is 17.1 Å². The molecule has 0 N–H and O–H groups in total. The van der Waals surface area contributed by atoms with Gasteiger partial charge in [-0.2, -0.15) is 0 Å². The Morgan fingerprint density at radius 1 is 1.28 bits per heavy atom. The molecular formula is C14H17BrO3. The average molecular weight is 313 g/mol. The fraction of sp³-hybridized carbons (Fsp3) is 0.500. The van der Waals surface area contributed by atoms with Crippen molar-refractivity contribution in [2.75, 3.05) is 7.11 Å². The second-order valence-corrected chi connectivity index (χ2v) is 5.42. The zero-order valence-corrected chi connectivity index (χ0v) is 12.2. The number of halogens is 1. The molecule has 0 unspecified atom stereocenters. The van der Waals surface area contributed by atoms with Crippen molar-refractivity contribution in [2.24, 2.45) is 0 Å². The highest BCUT2D eigenvalue weighted by atomic mass is 79.9. The van der Waals surface area contributed by atoms with Crippen molar-refractivity contribution in [1.82, 2.24) is 0 Å². The Bertz CT molecular complexity index is 451. The molecule has 3 nitrogen and oxygen atoms in total. The number of benzene rings is 1. The van der Waals surface area contributed by atoms with Gasteiger partial charge in [0, 0.05) is 10.0 Å². The zero-order chi connectivity index (χ0) is 13.1. The van der Waals surface area contributed by atoms with Gasteiger partial charge in [0.25, 0.3) is 0 Å². The first-order valence-electron chi connectivity index (χ1n) is 6.17. The summed E-state index contributed by atoms with van der Waals surface area (Å²) in [5, 5.41) is 0. The molecular weight excluding hydrogens is 296 g/mol. The maximum Gasteiger partial charge on any atom is 0.162 e. The summed E-state index contributed by atoms with van der Waals surface area (Å²) < 4.78 is 12.0. The van der Waals surface area contributed by atoms with E-state index in [1.54, 1.807) is 13.2 Å². The van der Waals surface area contributed by atoms with Gasteiger partial charge in [0.05, 0.1) is 13.2 Å². The molecule has 2 rings (SSSR count). The van der Waals surface area contributed by atoms with E-state index in [9.17, 15) is 4.79 Å². The van der Waals surface area contributed by atoms with Crippen LogP contribution >= 0.6 is 15.9 Å². The van der Waals surface area contributed by atoms with Crippen molar-refractivity contribution in [3.05, 3.63) is 22.2 Å². The summed E-state index contributed by atoms with van der Waals surface area (Å²) >= 11 is 3.40. The van der Waals surface area contributed by atoms with Gasteiger partial charge in [-0.05, 0) is 60.7 Å². The third kappa shape index (κ3) is 2.86. The van der Waals surface area contributed by atoms with E-state index in [-0.39, 0.29) is 11.9 Å². The number of ketones is 1. The Balaban J connectivity index is 2.28. The summed E-state index contributed by atoms with van der Waals surface area (Å²) in [6.45, 7) is 1.54. The molecule has 0 heterocycles. The number of rotatable bonds is 4. The molecule has 1 fully saturated rings. The molecule has 1 aliphatic rings. The molecule has 0 aromatic heterocycles. The lowest BCUT2D eigenvalue weighted by Gasteiger charge is -2.17. The Kier molecular flexibility index (Phi) is 4.27. The van der Waals surface area contributed by atoms with Crippen molar-refractivity contribution < 1.29 is 14.3 Å². The van der Waals surface area contributed by atoms with Gasteiger partial charge in [0.2, 0.25) is 0 Å². The Morgan fingerprint density at radius 3 is 2.50 bits per heavy atom. The van der Waals surface area contributed by atoms with Gasteiger partial charge in [-0.15, -0.1) is 0 Å². The smallest absolute Gasteiger partial charge is 0.162 e. The van der Waals surface area contributed by atoms with Gasteiger partial charge in [0.15, 0.2) is 17.3 Å². The summed E-state index contributed by atoms with van der Waals surface area (Å²) in [5.41, 5.74) is 0.616. The van der Waals surface area contributed by atoms with Gasteiger partial charge >= 0.3 is 0 Å². The topological polar surface area (TPSA) is 35.5 Å². The molecule has 0 atom stereocenters. The number of hydrogen-bond acceptors (Lipinski definition) is 3. The maximum absolute atomic E-state index is 11.5. The Labute approximate surface area is 116 Å². The maximum atomic E-state index is 11.5. The highest BCUT2D eigenvalue weighted by Crippen LogP contribution is 2.36. The molecule has 0 amide bonds. The van der Waals surface area contributed by atoms with Gasteiger partial charge in [-0.1, -0.05) is 0 Å². The minimum atomic E-state index is 0.00703. The molecule has 0 spiro atoms. The van der Waals surface area contributed by atoms with Crippen LogP contribution in [0.2, 0.25) is 0 Å². The van der Waals surface area contributed by atoms with Crippen LogP contribution in [0.3, 0.4) is 0 Å². The van der Waals surface area contributed by atoms with Crippen LogP contribution in [-0.4, -0.2) is 19.0 Å². The van der Waals surface area contributed by atoms with Crippen molar-refractivity contribution in [1.29, 1.82) is 0 Å². The minimum Gasteiger partial charge on any atom is -0.493 e. The molecule has 1 saturated carbocycles. The number of hydrogen-bond donors (Lipinski definition) is 0. The van der Waals surface area contributed by atoms with E-state index in [4.69, 9.17) is 9.47 Å². The van der Waals surface area contributed by atoms with Crippen LogP contribution in [0.15, 0.2) is 16.6 Å². The van der Waals surface area contributed by atoms with Crippen LogP contribution < -0.4 is 9.47 Å². The number of methoxy groups -OCH3 is 1. The summed E-state index contributed by atoms with van der Waals surface area (Å²) in [6, 6.07) is 3.56. The first-order chi connectivity index (χ1) is 8.61. The third-order valence-electron chi connectivity index (χ3n) is 3.23. The SMILES string of the molecule is COc1cc(C(C)=O)c(Br)cc1OC1CCCC1. The molecule has 1 aromatic rings. The van der Waals surface area contributed by atoms with Crippen LogP contribution in [0.1, 0.15) is 43.0 Å². The zero-order valence-electron chi connectivity index (χ0n) is 10.7. The number of carbonyl (C=O) groups excluding carboxylic acids is 1. The molecule has 1 aromatic carbocycles. The van der Waals surface area contributed by atoms with Crippen molar-refractivity contribution in [3.8, 4) is 11.5 Å². The molecule has 18 heavy (non-hydrogen) atoms. The second-order valence-electron chi connectivity index (χ2n) is 4.56. The van der Waals surface area contributed by atoms with Crippen molar-refractivity contribution in [2.45, 2.75) is 38.7 Å². The molecule has 0 radical (unpaired) electrons. The third-order valence-corrected chi connectivity index (χ3v) is 3.88. The van der Waals surface area contributed by atoms with Crippen LogP contribution in [-0.2, 0) is 0 Å². The van der Waals surface area contributed by atoms with Crippen LogP contribution in [0.5, 0.6) is 11.5 Å². The number of ether oxygens (including phenoxy) is 2. The molecule has 4 heteroatoms. The largest absolute Gasteiger partial charge is 0.493 e. The standard InChI is InChI=1S/C14H17BrO3/c1-9(16)11-7-13(17-2)14(8-12(11)15)18-10-5-3-4-6-10/h7-8,10H,3-6H2,1-2H3. The van der Waals surface area contributed by atoms with Crippen molar-refractivity contribution >= 4 is 21.7 Å². The first-order valence-corrected chi connectivity index (χ1v) is 6.96.